The van der Waals surface area contributed by atoms with Crippen molar-refractivity contribution in [1.82, 2.24) is 9.97 Å². The molecule has 0 aliphatic heterocycles. The smallest absolute Gasteiger partial charge is 0.134 e. The van der Waals surface area contributed by atoms with Gasteiger partial charge in [0.05, 0.1) is 0 Å². The summed E-state index contributed by atoms with van der Waals surface area (Å²) in [6, 6.07) is 2.26. The van der Waals surface area contributed by atoms with Gasteiger partial charge in [-0.1, -0.05) is 30.9 Å². The first-order valence-corrected chi connectivity index (χ1v) is 6.80. The van der Waals surface area contributed by atoms with Gasteiger partial charge in [0.2, 0.25) is 0 Å². The normalized spacial score (nSPS) is 19.0. The van der Waals surface area contributed by atoms with Crippen LogP contribution in [0.4, 0.5) is 5.82 Å². The average Bonchev–Trinajstić information content (AvgIpc) is 2.28. The van der Waals surface area contributed by atoms with Gasteiger partial charge in [-0.15, -0.1) is 0 Å². The second-order valence-corrected chi connectivity index (χ2v) is 5.34. The number of hydrogen-bond acceptors (Lipinski definition) is 3. The third kappa shape index (κ3) is 3.56. The molecule has 1 saturated carbocycles. The van der Waals surface area contributed by atoms with E-state index in [1.54, 1.807) is 6.07 Å². The summed E-state index contributed by atoms with van der Waals surface area (Å²) in [5.74, 6) is 2.33. The van der Waals surface area contributed by atoms with Crippen molar-refractivity contribution < 1.29 is 0 Å². The topological polar surface area (TPSA) is 37.8 Å². The van der Waals surface area contributed by atoms with Gasteiger partial charge in [0.1, 0.15) is 16.8 Å². The molecular formula is C13H20ClN3. The van der Waals surface area contributed by atoms with Crippen LogP contribution in [0.5, 0.6) is 0 Å². The van der Waals surface area contributed by atoms with Crippen molar-refractivity contribution >= 4 is 17.4 Å². The highest BCUT2D eigenvalue weighted by Gasteiger charge is 2.20. The lowest BCUT2D eigenvalue weighted by Gasteiger charge is -2.28. The molecule has 0 spiro atoms. The zero-order chi connectivity index (χ0) is 12.3. The number of aromatic nitrogens is 2. The third-order valence-electron chi connectivity index (χ3n) is 3.54. The van der Waals surface area contributed by atoms with Gasteiger partial charge >= 0.3 is 0 Å². The molecule has 17 heavy (non-hydrogen) atoms. The highest BCUT2D eigenvalue weighted by atomic mass is 35.5. The molecule has 0 aromatic carbocycles. The third-order valence-corrected chi connectivity index (χ3v) is 3.73. The van der Waals surface area contributed by atoms with Crippen molar-refractivity contribution in [2.24, 2.45) is 5.92 Å². The van der Waals surface area contributed by atoms with Crippen LogP contribution in [-0.2, 0) is 0 Å². The van der Waals surface area contributed by atoms with E-state index in [1.165, 1.54) is 32.1 Å². The number of rotatable bonds is 3. The van der Waals surface area contributed by atoms with Crippen molar-refractivity contribution in [3.63, 3.8) is 0 Å². The molecule has 0 amide bonds. The molecule has 0 radical (unpaired) electrons. The predicted octanol–water partition coefficient (Wildman–Crippen LogP) is 3.82. The van der Waals surface area contributed by atoms with E-state index >= 15 is 0 Å². The average molecular weight is 254 g/mol. The number of nitrogens with zero attached hydrogens (tertiary/aromatic N) is 2. The van der Waals surface area contributed by atoms with Crippen LogP contribution in [0.3, 0.4) is 0 Å². The second kappa shape index (κ2) is 5.67. The maximum Gasteiger partial charge on any atom is 0.134 e. The molecule has 2 rings (SSSR count). The van der Waals surface area contributed by atoms with Crippen LogP contribution in [0, 0.1) is 12.8 Å². The molecule has 1 aliphatic carbocycles. The van der Waals surface area contributed by atoms with Gasteiger partial charge in [-0.05, 0) is 32.6 Å². The van der Waals surface area contributed by atoms with Crippen molar-refractivity contribution in [3.8, 4) is 0 Å². The molecular weight excluding hydrogens is 234 g/mol. The van der Waals surface area contributed by atoms with Gasteiger partial charge in [-0.25, -0.2) is 9.97 Å². The number of anilines is 1. The van der Waals surface area contributed by atoms with Crippen LogP contribution < -0.4 is 5.32 Å². The molecule has 1 aromatic rings. The lowest BCUT2D eigenvalue weighted by molar-refractivity contribution is 0.328. The fourth-order valence-corrected chi connectivity index (χ4v) is 2.82. The number of halogens is 1. The summed E-state index contributed by atoms with van der Waals surface area (Å²) in [6.45, 7) is 4.10. The maximum absolute atomic E-state index is 5.93. The molecule has 1 atom stereocenters. The van der Waals surface area contributed by atoms with E-state index in [-0.39, 0.29) is 0 Å². The van der Waals surface area contributed by atoms with Gasteiger partial charge in [0.15, 0.2) is 0 Å². The molecule has 1 unspecified atom stereocenters. The van der Waals surface area contributed by atoms with Gasteiger partial charge < -0.3 is 5.32 Å². The number of nitrogens with one attached hydrogen (secondary N) is 1. The standard InChI is InChI=1S/C13H20ClN3/c1-9(11-6-4-3-5-7-11)15-13-8-12(14)16-10(2)17-13/h8-9,11H,3-7H2,1-2H3,(H,15,16,17). The quantitative estimate of drug-likeness (QED) is 0.833. The van der Waals surface area contributed by atoms with E-state index < -0.39 is 0 Å². The predicted molar refractivity (Wildman–Crippen MR) is 71.4 cm³/mol. The van der Waals surface area contributed by atoms with Gasteiger partial charge in [-0.2, -0.15) is 0 Å². The highest BCUT2D eigenvalue weighted by Crippen LogP contribution is 2.27. The summed E-state index contributed by atoms with van der Waals surface area (Å²) in [6.07, 6.45) is 6.76. The maximum atomic E-state index is 5.93. The van der Waals surface area contributed by atoms with E-state index in [4.69, 9.17) is 11.6 Å². The molecule has 0 bridgehead atoms. The first kappa shape index (κ1) is 12.6. The Kier molecular flexibility index (Phi) is 4.21. The van der Waals surface area contributed by atoms with Crippen LogP contribution >= 0.6 is 11.6 Å². The zero-order valence-corrected chi connectivity index (χ0v) is 11.3. The fourth-order valence-electron chi connectivity index (χ4n) is 2.59. The minimum atomic E-state index is 0.459. The van der Waals surface area contributed by atoms with E-state index in [9.17, 15) is 0 Å². The molecule has 94 valence electrons. The Morgan fingerprint density at radius 3 is 2.65 bits per heavy atom. The number of hydrogen-bond donors (Lipinski definition) is 1. The Morgan fingerprint density at radius 1 is 1.29 bits per heavy atom. The molecule has 1 aromatic heterocycles. The SMILES string of the molecule is Cc1nc(Cl)cc(NC(C)C2CCCCC2)n1. The Labute approximate surface area is 108 Å². The molecule has 4 heteroatoms. The molecule has 1 aliphatic rings. The first-order valence-electron chi connectivity index (χ1n) is 6.43. The van der Waals surface area contributed by atoms with Gasteiger partial charge in [0, 0.05) is 12.1 Å². The van der Waals surface area contributed by atoms with Crippen LogP contribution in [0.15, 0.2) is 6.07 Å². The lowest BCUT2D eigenvalue weighted by Crippen LogP contribution is -2.28. The number of aryl methyl sites for hydroxylation is 1. The van der Waals surface area contributed by atoms with Gasteiger partial charge in [0.25, 0.3) is 0 Å². The minimum Gasteiger partial charge on any atom is -0.367 e. The monoisotopic (exact) mass is 253 g/mol. The Hall–Kier alpha value is -0.830. The molecule has 3 nitrogen and oxygen atoms in total. The molecule has 1 fully saturated rings. The summed E-state index contributed by atoms with van der Waals surface area (Å²) in [4.78, 5) is 8.43. The Morgan fingerprint density at radius 2 is 2.00 bits per heavy atom. The Balaban J connectivity index is 1.99. The van der Waals surface area contributed by atoms with Crippen LogP contribution in [0.1, 0.15) is 44.9 Å². The zero-order valence-electron chi connectivity index (χ0n) is 10.5. The Bertz CT molecular complexity index is 355. The van der Waals surface area contributed by atoms with E-state index in [0.717, 1.165) is 17.6 Å². The van der Waals surface area contributed by atoms with E-state index in [2.05, 4.69) is 22.2 Å². The molecule has 1 heterocycles. The minimum absolute atomic E-state index is 0.459. The van der Waals surface area contributed by atoms with Crippen molar-refractivity contribution in [2.75, 3.05) is 5.32 Å². The highest BCUT2D eigenvalue weighted by molar-refractivity contribution is 6.29. The van der Waals surface area contributed by atoms with Crippen LogP contribution in [-0.4, -0.2) is 16.0 Å². The van der Waals surface area contributed by atoms with Crippen LogP contribution in [0.25, 0.3) is 0 Å². The van der Waals surface area contributed by atoms with E-state index in [1.807, 2.05) is 6.92 Å². The summed E-state index contributed by atoms with van der Waals surface area (Å²) < 4.78 is 0. The van der Waals surface area contributed by atoms with E-state index in [0.29, 0.717) is 11.2 Å². The van der Waals surface area contributed by atoms with Crippen molar-refractivity contribution in [1.29, 1.82) is 0 Å². The molecule has 0 saturated heterocycles. The summed E-state index contributed by atoms with van der Waals surface area (Å²) in [5.41, 5.74) is 0. The van der Waals surface area contributed by atoms with Gasteiger partial charge in [-0.3, -0.25) is 0 Å². The first-order chi connectivity index (χ1) is 8.15. The second-order valence-electron chi connectivity index (χ2n) is 4.95. The lowest BCUT2D eigenvalue weighted by atomic mass is 9.84. The summed E-state index contributed by atoms with van der Waals surface area (Å²) in [7, 11) is 0. The fraction of sp³-hybridized carbons (Fsp3) is 0.692. The van der Waals surface area contributed by atoms with Crippen molar-refractivity contribution in [3.05, 3.63) is 17.0 Å². The van der Waals surface area contributed by atoms with Crippen LogP contribution in [0.2, 0.25) is 5.15 Å². The molecule has 1 N–H and O–H groups in total. The largest absolute Gasteiger partial charge is 0.367 e. The van der Waals surface area contributed by atoms with Crippen molar-refractivity contribution in [2.45, 2.75) is 52.0 Å². The summed E-state index contributed by atoms with van der Waals surface area (Å²) >= 11 is 5.93. The summed E-state index contributed by atoms with van der Waals surface area (Å²) in [5, 5.41) is 3.97.